The molecule has 0 unspecified atom stereocenters. The van der Waals surface area contributed by atoms with Crippen LogP contribution in [-0.2, 0) is 21.4 Å². The number of hydrogen-bond donors (Lipinski definition) is 1. The number of esters is 1. The molecule has 1 aliphatic rings. The molecule has 2 aromatic carbocycles. The first-order valence-corrected chi connectivity index (χ1v) is 11.5. The molecule has 0 aliphatic carbocycles. The number of phenols is 1. The smallest absolute Gasteiger partial charge is 0.315 e. The maximum atomic E-state index is 13.0. The van der Waals surface area contributed by atoms with Gasteiger partial charge in [-0.2, -0.15) is 0 Å². The fraction of sp³-hybridized carbons (Fsp3) is 0.481. The number of nitrogens with zero attached hydrogens (tertiary/aromatic N) is 1. The van der Waals surface area contributed by atoms with Crippen molar-refractivity contribution in [3.63, 3.8) is 0 Å². The Bertz CT molecular complexity index is 912. The van der Waals surface area contributed by atoms with Crippen molar-refractivity contribution in [1.82, 2.24) is 4.90 Å². The predicted molar refractivity (Wildman–Crippen MR) is 126 cm³/mol. The molecule has 0 atom stereocenters. The van der Waals surface area contributed by atoms with Crippen molar-refractivity contribution in [3.05, 3.63) is 65.2 Å². The Kier molecular flexibility index (Phi) is 8.08. The van der Waals surface area contributed by atoms with E-state index >= 15 is 0 Å². The van der Waals surface area contributed by atoms with Crippen molar-refractivity contribution in [3.8, 4) is 5.75 Å². The summed E-state index contributed by atoms with van der Waals surface area (Å²) in [5.41, 5.74) is 1.77. The molecule has 5 heteroatoms. The second-order valence-corrected chi connectivity index (χ2v) is 9.34. The molecule has 0 amide bonds. The van der Waals surface area contributed by atoms with Gasteiger partial charge in [-0.25, -0.2) is 0 Å². The van der Waals surface area contributed by atoms with Crippen LogP contribution in [0.1, 0.15) is 61.0 Å². The summed E-state index contributed by atoms with van der Waals surface area (Å²) in [5.74, 6) is 0.729. The minimum Gasteiger partial charge on any atom is -0.508 e. The third-order valence-electron chi connectivity index (χ3n) is 6.64. The van der Waals surface area contributed by atoms with Crippen LogP contribution in [0.4, 0.5) is 0 Å². The van der Waals surface area contributed by atoms with Gasteiger partial charge in [-0.05, 0) is 88.3 Å². The molecule has 5 nitrogen and oxygen atoms in total. The number of methoxy groups -OCH3 is 1. The summed E-state index contributed by atoms with van der Waals surface area (Å²) >= 11 is 0. The van der Waals surface area contributed by atoms with Crippen LogP contribution in [0.5, 0.6) is 5.75 Å². The maximum absolute atomic E-state index is 13.0. The fourth-order valence-electron chi connectivity index (χ4n) is 4.61. The van der Waals surface area contributed by atoms with E-state index in [0.717, 1.165) is 50.9 Å². The highest BCUT2D eigenvalue weighted by Crippen LogP contribution is 2.29. The second-order valence-electron chi connectivity index (χ2n) is 9.34. The van der Waals surface area contributed by atoms with Crippen LogP contribution in [-0.4, -0.2) is 48.5 Å². The molecule has 0 bridgehead atoms. The van der Waals surface area contributed by atoms with Gasteiger partial charge in [-0.15, -0.1) is 0 Å². The topological polar surface area (TPSA) is 66.8 Å². The lowest BCUT2D eigenvalue weighted by atomic mass is 9.80. The molecule has 0 spiro atoms. The number of phenolic OH excluding ortho intramolecular Hbond substituents is 1. The Morgan fingerprint density at radius 2 is 1.72 bits per heavy atom. The van der Waals surface area contributed by atoms with Crippen LogP contribution in [0.25, 0.3) is 0 Å². The third-order valence-corrected chi connectivity index (χ3v) is 6.64. The van der Waals surface area contributed by atoms with E-state index in [1.165, 1.54) is 12.7 Å². The van der Waals surface area contributed by atoms with E-state index in [1.54, 1.807) is 26.0 Å². The number of hydrogen-bond acceptors (Lipinski definition) is 5. The van der Waals surface area contributed by atoms with Crippen LogP contribution in [0.15, 0.2) is 48.5 Å². The highest BCUT2D eigenvalue weighted by Gasteiger charge is 2.34. The van der Waals surface area contributed by atoms with Crippen LogP contribution in [0, 0.1) is 5.92 Å². The van der Waals surface area contributed by atoms with Gasteiger partial charge in [0.05, 0.1) is 12.5 Å². The summed E-state index contributed by atoms with van der Waals surface area (Å²) in [6, 6.07) is 14.9. The van der Waals surface area contributed by atoms with E-state index in [1.807, 2.05) is 36.4 Å². The molecule has 0 aromatic heterocycles. The van der Waals surface area contributed by atoms with Crippen molar-refractivity contribution < 1.29 is 19.4 Å². The van der Waals surface area contributed by atoms with Crippen molar-refractivity contribution in [1.29, 1.82) is 0 Å². The summed E-state index contributed by atoms with van der Waals surface area (Å²) < 4.78 is 4.95. The molecule has 1 N–H and O–H groups in total. The minimum atomic E-state index is -0.861. The first-order valence-electron chi connectivity index (χ1n) is 11.5. The predicted octanol–water partition coefficient (Wildman–Crippen LogP) is 4.76. The standard InChI is InChI=1S/C27H35NO4/c1-27(2,26(31)32-3)24-8-5-4-7-23(24)25(30)9-6-16-28-17-14-21(15-18-28)19-20-10-12-22(29)13-11-20/h4-5,7-8,10-13,21,29H,6,9,14-19H2,1-3H3. The summed E-state index contributed by atoms with van der Waals surface area (Å²) in [6.45, 7) is 6.63. The number of carbonyl (C=O) groups is 2. The van der Waals surface area contributed by atoms with E-state index < -0.39 is 5.41 Å². The quantitative estimate of drug-likeness (QED) is 0.453. The lowest BCUT2D eigenvalue weighted by Crippen LogP contribution is -2.35. The minimum absolute atomic E-state index is 0.0831. The average molecular weight is 438 g/mol. The fourth-order valence-corrected chi connectivity index (χ4v) is 4.61. The number of carbonyl (C=O) groups excluding carboxylic acids is 2. The Hall–Kier alpha value is -2.66. The summed E-state index contributed by atoms with van der Waals surface area (Å²) in [4.78, 5) is 27.6. The number of benzene rings is 2. The summed E-state index contributed by atoms with van der Waals surface area (Å²) in [5, 5.41) is 9.43. The van der Waals surface area contributed by atoms with Gasteiger partial charge in [-0.1, -0.05) is 36.4 Å². The van der Waals surface area contributed by atoms with Gasteiger partial charge in [0.2, 0.25) is 0 Å². The molecule has 32 heavy (non-hydrogen) atoms. The molecule has 1 heterocycles. The number of ketones is 1. The van der Waals surface area contributed by atoms with Gasteiger partial charge in [0.1, 0.15) is 5.75 Å². The zero-order valence-corrected chi connectivity index (χ0v) is 19.5. The SMILES string of the molecule is COC(=O)C(C)(C)c1ccccc1C(=O)CCCN1CCC(Cc2ccc(O)cc2)CC1. The monoisotopic (exact) mass is 437 g/mol. The van der Waals surface area contributed by atoms with E-state index in [-0.39, 0.29) is 11.8 Å². The number of likely N-dealkylation sites (tertiary alicyclic amines) is 1. The van der Waals surface area contributed by atoms with Crippen molar-refractivity contribution in [2.45, 2.75) is 51.4 Å². The number of aromatic hydroxyl groups is 1. The van der Waals surface area contributed by atoms with Crippen LogP contribution >= 0.6 is 0 Å². The highest BCUT2D eigenvalue weighted by molar-refractivity contribution is 5.99. The van der Waals surface area contributed by atoms with E-state index in [4.69, 9.17) is 4.74 Å². The van der Waals surface area contributed by atoms with Crippen molar-refractivity contribution >= 4 is 11.8 Å². The molecule has 1 saturated heterocycles. The highest BCUT2D eigenvalue weighted by atomic mass is 16.5. The molecule has 1 fully saturated rings. The summed E-state index contributed by atoms with van der Waals surface area (Å²) in [6.07, 6.45) is 4.66. The first kappa shape index (κ1) is 24.0. The number of ether oxygens (including phenoxy) is 1. The van der Waals surface area contributed by atoms with Crippen LogP contribution < -0.4 is 0 Å². The third kappa shape index (κ3) is 5.98. The molecule has 0 saturated carbocycles. The van der Waals surface area contributed by atoms with Gasteiger partial charge in [0.25, 0.3) is 0 Å². The van der Waals surface area contributed by atoms with Crippen molar-refractivity contribution in [2.24, 2.45) is 5.92 Å². The number of rotatable bonds is 9. The molecule has 172 valence electrons. The van der Waals surface area contributed by atoms with Gasteiger partial charge in [0, 0.05) is 12.0 Å². The van der Waals surface area contributed by atoms with Crippen LogP contribution in [0.2, 0.25) is 0 Å². The maximum Gasteiger partial charge on any atom is 0.315 e. The molecular formula is C27H35NO4. The van der Waals surface area contributed by atoms with E-state index in [9.17, 15) is 14.7 Å². The zero-order valence-electron chi connectivity index (χ0n) is 19.5. The molecule has 1 aliphatic heterocycles. The van der Waals surface area contributed by atoms with Crippen LogP contribution in [0.3, 0.4) is 0 Å². The normalized spacial score (nSPS) is 15.5. The Morgan fingerprint density at radius 1 is 1.06 bits per heavy atom. The molecule has 2 aromatic rings. The second kappa shape index (κ2) is 10.8. The Labute approximate surface area is 191 Å². The van der Waals surface area contributed by atoms with Gasteiger partial charge >= 0.3 is 5.97 Å². The Morgan fingerprint density at radius 3 is 2.38 bits per heavy atom. The van der Waals surface area contributed by atoms with Gasteiger partial charge in [-0.3, -0.25) is 9.59 Å². The van der Waals surface area contributed by atoms with E-state index in [2.05, 4.69) is 4.90 Å². The Balaban J connectivity index is 1.47. The largest absolute Gasteiger partial charge is 0.508 e. The number of piperidine rings is 1. The van der Waals surface area contributed by atoms with Crippen molar-refractivity contribution in [2.75, 3.05) is 26.7 Å². The van der Waals surface area contributed by atoms with E-state index in [0.29, 0.717) is 23.7 Å². The van der Waals surface area contributed by atoms with Gasteiger partial charge < -0.3 is 14.7 Å². The number of Topliss-reactive ketones (excluding diaryl/α,β-unsaturated/α-hetero) is 1. The molecular weight excluding hydrogens is 402 g/mol. The lowest BCUT2D eigenvalue weighted by molar-refractivity contribution is -0.146. The summed E-state index contributed by atoms with van der Waals surface area (Å²) in [7, 11) is 1.38. The first-order chi connectivity index (χ1) is 15.3. The van der Waals surface area contributed by atoms with Gasteiger partial charge in [0.15, 0.2) is 5.78 Å². The molecule has 3 rings (SSSR count). The molecule has 0 radical (unpaired) electrons. The average Bonchev–Trinajstić information content (AvgIpc) is 2.81. The zero-order chi connectivity index (χ0) is 23.1. The lowest BCUT2D eigenvalue weighted by Gasteiger charge is -2.32.